The van der Waals surface area contributed by atoms with E-state index in [9.17, 15) is 0 Å². The van der Waals surface area contributed by atoms with E-state index < -0.39 is 12.3 Å². The van der Waals surface area contributed by atoms with Gasteiger partial charge in [0.05, 0.1) is 0 Å². The maximum Gasteiger partial charge on any atom is 1.00 e. The molecule has 0 fully saturated rings. The molecule has 0 atom stereocenters. The van der Waals surface area contributed by atoms with Crippen LogP contribution in [0, 0.1) is 0 Å². The first-order chi connectivity index (χ1) is 1.41. The molecule has 0 rings (SSSR count). The molecule has 0 radical (unpaired) electrons. The SMILES string of the molecule is [K+].[O-]SO. The first-order valence-electron chi connectivity index (χ1n) is 0.349. The van der Waals surface area contributed by atoms with Crippen molar-refractivity contribution >= 4 is 12.3 Å². The maximum absolute atomic E-state index is 8.40. The molecule has 4 heavy (non-hydrogen) atoms. The van der Waals surface area contributed by atoms with Crippen molar-refractivity contribution in [2.75, 3.05) is 0 Å². The second kappa shape index (κ2) is 8.86. The molecular weight excluding hydrogens is 103 g/mol. The van der Waals surface area contributed by atoms with Crippen LogP contribution in [0.25, 0.3) is 0 Å². The van der Waals surface area contributed by atoms with Crippen LogP contribution < -0.4 is 51.4 Å². The second-order valence-electron chi connectivity index (χ2n) is 0.0745. The first-order valence-corrected chi connectivity index (χ1v) is 1.05. The van der Waals surface area contributed by atoms with Crippen LogP contribution in [0.15, 0.2) is 0 Å². The summed E-state index contributed by atoms with van der Waals surface area (Å²) in [5, 5.41) is 0. The van der Waals surface area contributed by atoms with Crippen LogP contribution >= 0.6 is 12.3 Å². The van der Waals surface area contributed by atoms with E-state index in [1.165, 1.54) is 0 Å². The molecule has 0 aromatic rings. The van der Waals surface area contributed by atoms with Crippen molar-refractivity contribution in [3.8, 4) is 0 Å². The zero-order valence-corrected chi connectivity index (χ0v) is 6.20. The largest absolute Gasteiger partial charge is 1.00 e. The van der Waals surface area contributed by atoms with Crippen LogP contribution in [0.3, 0.4) is 0 Å². The number of hydrogen-bond acceptors (Lipinski definition) is 3. The van der Waals surface area contributed by atoms with Crippen molar-refractivity contribution in [3.63, 3.8) is 0 Å². The van der Waals surface area contributed by atoms with Gasteiger partial charge in [-0.1, -0.05) is 0 Å². The summed E-state index contributed by atoms with van der Waals surface area (Å²) < 4.78 is 15.3. The third-order valence-electron chi connectivity index (χ3n) is 0. The van der Waals surface area contributed by atoms with Gasteiger partial charge in [-0.25, -0.2) is 0 Å². The quantitative estimate of drug-likeness (QED) is 0.269. The Morgan fingerprint density at radius 1 is 1.75 bits per heavy atom. The topological polar surface area (TPSA) is 43.3 Å². The van der Waals surface area contributed by atoms with Gasteiger partial charge in [-0.3, -0.25) is 0 Å². The minimum absolute atomic E-state index is 0. The fourth-order valence-electron chi connectivity index (χ4n) is 0. The van der Waals surface area contributed by atoms with Gasteiger partial charge >= 0.3 is 51.4 Å². The van der Waals surface area contributed by atoms with Crippen LogP contribution in [0.4, 0.5) is 0 Å². The molecule has 20 valence electrons. The summed E-state index contributed by atoms with van der Waals surface area (Å²) in [5.74, 6) is 0. The van der Waals surface area contributed by atoms with Gasteiger partial charge in [-0.2, -0.15) is 0 Å². The molecule has 0 aromatic carbocycles. The van der Waals surface area contributed by atoms with Crippen molar-refractivity contribution in [2.45, 2.75) is 0 Å². The molecule has 0 aliphatic heterocycles. The molecule has 0 aliphatic carbocycles. The minimum atomic E-state index is -0.500. The third kappa shape index (κ3) is 9.08. The standard InChI is InChI=1S/K.H2O2S/c;1-3-2/h;1-2H/q+1;/p-1. The van der Waals surface area contributed by atoms with Crippen LogP contribution in [0.1, 0.15) is 0 Å². The summed E-state index contributed by atoms with van der Waals surface area (Å²) >= 11 is -0.500. The van der Waals surface area contributed by atoms with Crippen molar-refractivity contribution in [3.05, 3.63) is 0 Å². The van der Waals surface area contributed by atoms with E-state index in [1.54, 1.807) is 0 Å². The molecule has 0 saturated heterocycles. The van der Waals surface area contributed by atoms with Crippen molar-refractivity contribution in [1.29, 1.82) is 0 Å². The van der Waals surface area contributed by atoms with E-state index >= 15 is 0 Å². The van der Waals surface area contributed by atoms with Crippen LogP contribution in [-0.2, 0) is 0 Å². The molecular formula is HKO2S. The average Bonchev–Trinajstić information content (AvgIpc) is 0.918. The molecule has 4 heteroatoms. The average molecular weight is 104 g/mol. The Balaban J connectivity index is 0. The Morgan fingerprint density at radius 3 is 1.75 bits per heavy atom. The summed E-state index contributed by atoms with van der Waals surface area (Å²) in [5.41, 5.74) is 0. The monoisotopic (exact) mass is 104 g/mol. The number of rotatable bonds is 0. The van der Waals surface area contributed by atoms with E-state index in [-0.39, 0.29) is 51.4 Å². The van der Waals surface area contributed by atoms with Crippen molar-refractivity contribution in [1.82, 2.24) is 0 Å². The number of hydrogen-bond donors (Lipinski definition) is 1. The Kier molecular flexibility index (Phi) is 20.6. The molecule has 0 unspecified atom stereocenters. The first kappa shape index (κ1) is 9.32. The molecule has 0 saturated carbocycles. The van der Waals surface area contributed by atoms with Gasteiger partial charge in [-0.05, 0) is 0 Å². The predicted octanol–water partition coefficient (Wildman–Crippen LogP) is -2.67. The van der Waals surface area contributed by atoms with Crippen LogP contribution in [-0.4, -0.2) is 9.11 Å². The van der Waals surface area contributed by atoms with E-state index in [0.29, 0.717) is 0 Å². The Hall–Kier alpha value is 1.91. The van der Waals surface area contributed by atoms with Gasteiger partial charge in [0.25, 0.3) is 0 Å². The molecule has 0 aliphatic rings. The van der Waals surface area contributed by atoms with Gasteiger partial charge in [0.2, 0.25) is 0 Å². The van der Waals surface area contributed by atoms with Gasteiger partial charge in [0, 0.05) is 0 Å². The summed E-state index contributed by atoms with van der Waals surface area (Å²) in [6, 6.07) is 0. The molecule has 2 nitrogen and oxygen atoms in total. The fraction of sp³-hybridized carbons (Fsp3) is 0. The van der Waals surface area contributed by atoms with E-state index in [2.05, 4.69) is 0 Å². The molecule has 0 bridgehead atoms. The molecule has 0 heterocycles. The summed E-state index contributed by atoms with van der Waals surface area (Å²) in [4.78, 5) is 0. The third-order valence-corrected chi connectivity index (χ3v) is 0. The van der Waals surface area contributed by atoms with E-state index in [4.69, 9.17) is 9.11 Å². The Labute approximate surface area is 71.4 Å². The normalized spacial score (nSPS) is 4.50. The zero-order chi connectivity index (χ0) is 2.71. The summed E-state index contributed by atoms with van der Waals surface area (Å²) in [6.07, 6.45) is 0. The smallest absolute Gasteiger partial charge is 0.776 e. The molecule has 1 N–H and O–H groups in total. The minimum Gasteiger partial charge on any atom is -0.776 e. The Morgan fingerprint density at radius 2 is 1.75 bits per heavy atom. The van der Waals surface area contributed by atoms with E-state index in [0.717, 1.165) is 0 Å². The van der Waals surface area contributed by atoms with Crippen LogP contribution in [0.5, 0.6) is 0 Å². The van der Waals surface area contributed by atoms with Gasteiger partial charge in [0.1, 0.15) is 0 Å². The second-order valence-corrected chi connectivity index (χ2v) is 0.224. The van der Waals surface area contributed by atoms with E-state index in [1.807, 2.05) is 0 Å². The molecule has 0 spiro atoms. The van der Waals surface area contributed by atoms with Gasteiger partial charge in [0.15, 0.2) is 0 Å². The summed E-state index contributed by atoms with van der Waals surface area (Å²) in [7, 11) is 0. The summed E-state index contributed by atoms with van der Waals surface area (Å²) in [6.45, 7) is 0. The van der Waals surface area contributed by atoms with Crippen molar-refractivity contribution in [2.24, 2.45) is 0 Å². The predicted molar refractivity (Wildman–Crippen MR) is 11.0 cm³/mol. The van der Waals surface area contributed by atoms with Gasteiger partial charge < -0.3 is 9.11 Å². The van der Waals surface area contributed by atoms with Crippen molar-refractivity contribution < 1.29 is 60.5 Å². The zero-order valence-electron chi connectivity index (χ0n) is 2.26. The van der Waals surface area contributed by atoms with Crippen LogP contribution in [0.2, 0.25) is 0 Å². The van der Waals surface area contributed by atoms with Gasteiger partial charge in [-0.15, -0.1) is 12.3 Å². The Bertz CT molecular complexity index is 6.00. The maximum atomic E-state index is 8.40. The fourth-order valence-corrected chi connectivity index (χ4v) is 0. The molecule has 0 amide bonds. The molecule has 0 aromatic heterocycles.